The van der Waals surface area contributed by atoms with E-state index in [1.54, 1.807) is 24.3 Å². The Kier molecular flexibility index (Phi) is 3.72. The van der Waals surface area contributed by atoms with Gasteiger partial charge in [-0.2, -0.15) is 0 Å². The molecule has 0 radical (unpaired) electrons. The highest BCUT2D eigenvalue weighted by molar-refractivity contribution is 5.59. The third-order valence-electron chi connectivity index (χ3n) is 2.24. The quantitative estimate of drug-likeness (QED) is 0.870. The lowest BCUT2D eigenvalue weighted by atomic mass is 10.3. The summed E-state index contributed by atoms with van der Waals surface area (Å²) >= 11 is 0. The summed E-state index contributed by atoms with van der Waals surface area (Å²) in [6.07, 6.45) is 1.44. The van der Waals surface area contributed by atoms with Crippen LogP contribution in [-0.2, 0) is 0 Å². The normalized spacial score (nSPS) is 10.4. The largest absolute Gasteiger partial charge is 0.368 e. The van der Waals surface area contributed by atoms with E-state index in [9.17, 15) is 4.39 Å². The van der Waals surface area contributed by atoms with Gasteiger partial charge >= 0.3 is 0 Å². The van der Waals surface area contributed by atoms with Gasteiger partial charge in [0.1, 0.15) is 23.8 Å². The van der Waals surface area contributed by atoms with Crippen LogP contribution in [0.4, 0.5) is 21.7 Å². The molecule has 1 heterocycles. The minimum absolute atomic E-state index is 0.279. The molecule has 0 bridgehead atoms. The summed E-state index contributed by atoms with van der Waals surface area (Å²) in [6.45, 7) is 4.04. The van der Waals surface area contributed by atoms with Crippen LogP contribution in [0.5, 0.6) is 0 Å². The van der Waals surface area contributed by atoms with Gasteiger partial charge in [0.15, 0.2) is 0 Å². The zero-order chi connectivity index (χ0) is 13.0. The van der Waals surface area contributed by atoms with Crippen LogP contribution < -0.4 is 10.6 Å². The molecule has 0 saturated carbocycles. The predicted molar refractivity (Wildman–Crippen MR) is 70.5 cm³/mol. The molecule has 18 heavy (non-hydrogen) atoms. The SMILES string of the molecule is CC(C)Nc1cc(Nc2ccccc2F)ncn1. The van der Waals surface area contributed by atoms with E-state index in [0.717, 1.165) is 0 Å². The van der Waals surface area contributed by atoms with Crippen molar-refractivity contribution in [2.24, 2.45) is 0 Å². The first kappa shape index (κ1) is 12.3. The van der Waals surface area contributed by atoms with E-state index in [1.807, 2.05) is 13.8 Å². The molecule has 2 aromatic rings. The van der Waals surface area contributed by atoms with Crippen LogP contribution in [0.15, 0.2) is 36.7 Å². The minimum atomic E-state index is -0.311. The molecule has 4 nitrogen and oxygen atoms in total. The Morgan fingerprint density at radius 1 is 1.11 bits per heavy atom. The molecule has 0 unspecified atom stereocenters. The highest BCUT2D eigenvalue weighted by Crippen LogP contribution is 2.19. The number of rotatable bonds is 4. The maximum atomic E-state index is 13.5. The maximum Gasteiger partial charge on any atom is 0.146 e. The number of aromatic nitrogens is 2. The molecular formula is C13H15FN4. The number of halogens is 1. The van der Waals surface area contributed by atoms with Gasteiger partial charge in [-0.25, -0.2) is 14.4 Å². The molecule has 0 spiro atoms. The van der Waals surface area contributed by atoms with E-state index in [-0.39, 0.29) is 11.9 Å². The molecule has 1 aromatic heterocycles. The first-order valence-electron chi connectivity index (χ1n) is 5.75. The average Bonchev–Trinajstić information content (AvgIpc) is 2.32. The van der Waals surface area contributed by atoms with Crippen LogP contribution in [0.1, 0.15) is 13.8 Å². The van der Waals surface area contributed by atoms with E-state index in [2.05, 4.69) is 20.6 Å². The van der Waals surface area contributed by atoms with Gasteiger partial charge in [0, 0.05) is 12.1 Å². The molecule has 0 aliphatic carbocycles. The van der Waals surface area contributed by atoms with Crippen molar-refractivity contribution in [1.29, 1.82) is 0 Å². The zero-order valence-corrected chi connectivity index (χ0v) is 10.3. The summed E-state index contributed by atoms with van der Waals surface area (Å²) in [4.78, 5) is 8.14. The molecule has 0 aliphatic heterocycles. The van der Waals surface area contributed by atoms with E-state index >= 15 is 0 Å². The minimum Gasteiger partial charge on any atom is -0.368 e. The van der Waals surface area contributed by atoms with Crippen LogP contribution in [-0.4, -0.2) is 16.0 Å². The van der Waals surface area contributed by atoms with Gasteiger partial charge in [-0.3, -0.25) is 0 Å². The number of benzene rings is 1. The van der Waals surface area contributed by atoms with E-state index in [1.165, 1.54) is 12.4 Å². The van der Waals surface area contributed by atoms with Crippen LogP contribution in [0, 0.1) is 5.82 Å². The topological polar surface area (TPSA) is 49.8 Å². The summed E-state index contributed by atoms with van der Waals surface area (Å²) in [5.74, 6) is 0.951. The zero-order valence-electron chi connectivity index (χ0n) is 10.3. The summed E-state index contributed by atoms with van der Waals surface area (Å²) in [5.41, 5.74) is 0.395. The Balaban J connectivity index is 2.17. The number of para-hydroxylation sites is 1. The lowest BCUT2D eigenvalue weighted by molar-refractivity contribution is 0.632. The summed E-state index contributed by atoms with van der Waals surface area (Å²) in [5, 5.41) is 6.08. The fourth-order valence-corrected chi connectivity index (χ4v) is 1.50. The molecule has 0 atom stereocenters. The van der Waals surface area contributed by atoms with Gasteiger partial charge in [0.05, 0.1) is 5.69 Å². The monoisotopic (exact) mass is 246 g/mol. The van der Waals surface area contributed by atoms with Crippen molar-refractivity contribution in [2.45, 2.75) is 19.9 Å². The van der Waals surface area contributed by atoms with E-state index < -0.39 is 0 Å². The van der Waals surface area contributed by atoms with Crippen LogP contribution in [0.25, 0.3) is 0 Å². The Hall–Kier alpha value is -2.17. The van der Waals surface area contributed by atoms with Crippen LogP contribution in [0.2, 0.25) is 0 Å². The summed E-state index contributed by atoms with van der Waals surface area (Å²) in [6, 6.07) is 8.49. The molecule has 2 rings (SSSR count). The summed E-state index contributed by atoms with van der Waals surface area (Å²) in [7, 11) is 0. The molecule has 1 aromatic carbocycles. The number of nitrogens with zero attached hydrogens (tertiary/aromatic N) is 2. The van der Waals surface area contributed by atoms with Gasteiger partial charge < -0.3 is 10.6 Å². The van der Waals surface area contributed by atoms with E-state index in [0.29, 0.717) is 17.3 Å². The van der Waals surface area contributed by atoms with Crippen molar-refractivity contribution in [1.82, 2.24) is 9.97 Å². The maximum absolute atomic E-state index is 13.5. The van der Waals surface area contributed by atoms with Crippen molar-refractivity contribution in [3.8, 4) is 0 Å². The highest BCUT2D eigenvalue weighted by Gasteiger charge is 2.03. The fraction of sp³-hybridized carbons (Fsp3) is 0.231. The number of anilines is 3. The standard InChI is InChI=1S/C13H15FN4/c1-9(2)17-12-7-13(16-8-15-12)18-11-6-4-3-5-10(11)14/h3-9H,1-2H3,(H2,15,16,17,18). The molecule has 0 saturated heterocycles. The second-order valence-electron chi connectivity index (χ2n) is 4.19. The predicted octanol–water partition coefficient (Wildman–Crippen LogP) is 3.18. The number of hydrogen-bond acceptors (Lipinski definition) is 4. The third kappa shape index (κ3) is 3.16. The van der Waals surface area contributed by atoms with Crippen LogP contribution in [0.3, 0.4) is 0 Å². The Bertz CT molecular complexity index is 528. The first-order chi connectivity index (χ1) is 8.65. The second kappa shape index (κ2) is 5.44. The first-order valence-corrected chi connectivity index (χ1v) is 5.75. The van der Waals surface area contributed by atoms with Crippen molar-refractivity contribution in [3.05, 3.63) is 42.5 Å². The van der Waals surface area contributed by atoms with Crippen molar-refractivity contribution in [3.63, 3.8) is 0 Å². The smallest absolute Gasteiger partial charge is 0.146 e. The molecule has 0 amide bonds. The highest BCUT2D eigenvalue weighted by atomic mass is 19.1. The molecule has 0 aliphatic rings. The van der Waals surface area contributed by atoms with Gasteiger partial charge in [-0.15, -0.1) is 0 Å². The number of nitrogens with one attached hydrogen (secondary N) is 2. The lowest BCUT2D eigenvalue weighted by Crippen LogP contribution is -2.11. The van der Waals surface area contributed by atoms with Gasteiger partial charge in [-0.05, 0) is 26.0 Å². The van der Waals surface area contributed by atoms with Gasteiger partial charge in [0.25, 0.3) is 0 Å². The Morgan fingerprint density at radius 2 is 1.83 bits per heavy atom. The summed E-state index contributed by atoms with van der Waals surface area (Å²) < 4.78 is 13.5. The van der Waals surface area contributed by atoms with Crippen molar-refractivity contribution in [2.75, 3.05) is 10.6 Å². The van der Waals surface area contributed by atoms with Gasteiger partial charge in [-0.1, -0.05) is 12.1 Å². The van der Waals surface area contributed by atoms with Gasteiger partial charge in [0.2, 0.25) is 0 Å². The molecule has 2 N–H and O–H groups in total. The second-order valence-corrected chi connectivity index (χ2v) is 4.19. The molecule has 0 fully saturated rings. The molecule has 5 heteroatoms. The third-order valence-corrected chi connectivity index (χ3v) is 2.24. The van der Waals surface area contributed by atoms with Crippen molar-refractivity contribution < 1.29 is 4.39 Å². The van der Waals surface area contributed by atoms with Crippen molar-refractivity contribution >= 4 is 17.3 Å². The molecular weight excluding hydrogens is 231 g/mol. The molecule has 94 valence electrons. The Labute approximate surface area is 105 Å². The van der Waals surface area contributed by atoms with Crippen LogP contribution >= 0.6 is 0 Å². The Morgan fingerprint density at radius 3 is 2.56 bits per heavy atom. The average molecular weight is 246 g/mol. The fourth-order valence-electron chi connectivity index (χ4n) is 1.50. The lowest BCUT2D eigenvalue weighted by Gasteiger charge is -2.10. The van der Waals surface area contributed by atoms with E-state index in [4.69, 9.17) is 0 Å². The number of hydrogen-bond donors (Lipinski definition) is 2.